The summed E-state index contributed by atoms with van der Waals surface area (Å²) in [5.41, 5.74) is 0. The molecule has 1 fully saturated rings. The number of alkyl halides is 4. The molecule has 2 amide bonds. The van der Waals surface area contributed by atoms with Crippen LogP contribution in [0.2, 0.25) is 0 Å². The van der Waals surface area contributed by atoms with Gasteiger partial charge in [0.2, 0.25) is 0 Å². The topological polar surface area (TPSA) is 80.8 Å². The first-order chi connectivity index (χ1) is 9.52. The van der Waals surface area contributed by atoms with E-state index in [-0.39, 0.29) is 0 Å². The maximum absolute atomic E-state index is 13.0. The zero-order valence-corrected chi connectivity index (χ0v) is 10.6. The lowest BCUT2D eigenvalue weighted by Crippen LogP contribution is -2.43. The molecule has 0 saturated carbocycles. The van der Waals surface area contributed by atoms with Gasteiger partial charge in [-0.3, -0.25) is 9.59 Å². The van der Waals surface area contributed by atoms with Crippen LogP contribution in [0, 0.1) is 0 Å². The van der Waals surface area contributed by atoms with Crippen molar-refractivity contribution in [2.24, 2.45) is 0 Å². The summed E-state index contributed by atoms with van der Waals surface area (Å²) in [7, 11) is -4.89. The molecule has 1 heterocycles. The molecule has 1 aromatic rings. The summed E-state index contributed by atoms with van der Waals surface area (Å²) < 4.78 is 78.9. The minimum Gasteiger partial charge on any atom is -0.265 e. The molecule has 114 valence electrons. The van der Waals surface area contributed by atoms with Gasteiger partial charge in [0.1, 0.15) is 0 Å². The van der Waals surface area contributed by atoms with Crippen LogP contribution in [0.15, 0.2) is 35.2 Å². The van der Waals surface area contributed by atoms with E-state index in [2.05, 4.69) is 4.28 Å². The van der Waals surface area contributed by atoms with E-state index in [0.717, 1.165) is 12.1 Å². The smallest absolute Gasteiger partial charge is 0.265 e. The molecule has 11 heteroatoms. The van der Waals surface area contributed by atoms with Crippen molar-refractivity contribution in [1.29, 1.82) is 0 Å². The SMILES string of the molecule is O=C1N(OS(=O)(=O)c2ccccc2)C(=O)C(F)(F)C1(F)F. The Morgan fingerprint density at radius 1 is 0.905 bits per heavy atom. The summed E-state index contributed by atoms with van der Waals surface area (Å²) in [6.07, 6.45) is 0. The van der Waals surface area contributed by atoms with E-state index in [4.69, 9.17) is 0 Å². The van der Waals surface area contributed by atoms with E-state index in [1.54, 1.807) is 0 Å². The van der Waals surface area contributed by atoms with Crippen LogP contribution in [0.5, 0.6) is 0 Å². The monoisotopic (exact) mass is 327 g/mol. The first kappa shape index (κ1) is 15.4. The number of imide groups is 1. The molecular weight excluding hydrogens is 322 g/mol. The Labute approximate surface area is 115 Å². The predicted molar refractivity (Wildman–Crippen MR) is 56.5 cm³/mol. The van der Waals surface area contributed by atoms with Gasteiger partial charge in [-0.2, -0.15) is 26.0 Å². The highest BCUT2D eigenvalue weighted by Gasteiger charge is 2.77. The largest absolute Gasteiger partial charge is 0.398 e. The van der Waals surface area contributed by atoms with Crippen molar-refractivity contribution in [3.05, 3.63) is 30.3 Å². The molecule has 6 nitrogen and oxygen atoms in total. The molecule has 1 saturated heterocycles. The van der Waals surface area contributed by atoms with Gasteiger partial charge in [-0.25, -0.2) is 0 Å². The highest BCUT2D eigenvalue weighted by atomic mass is 32.2. The third-order valence-electron chi connectivity index (χ3n) is 2.50. The van der Waals surface area contributed by atoms with E-state index in [9.17, 15) is 35.6 Å². The molecule has 0 aromatic heterocycles. The van der Waals surface area contributed by atoms with E-state index in [0.29, 0.717) is 0 Å². The Hall–Kier alpha value is -2.01. The van der Waals surface area contributed by atoms with Crippen LogP contribution in [0.1, 0.15) is 0 Å². The fourth-order valence-corrected chi connectivity index (χ4v) is 2.32. The van der Waals surface area contributed by atoms with Gasteiger partial charge in [0.25, 0.3) is 0 Å². The average Bonchev–Trinajstić information content (AvgIpc) is 2.53. The Morgan fingerprint density at radius 3 is 1.76 bits per heavy atom. The number of benzene rings is 1. The Morgan fingerprint density at radius 2 is 1.33 bits per heavy atom. The summed E-state index contributed by atoms with van der Waals surface area (Å²) >= 11 is 0. The number of hydrogen-bond donors (Lipinski definition) is 0. The van der Waals surface area contributed by atoms with Crippen LogP contribution in [0.4, 0.5) is 17.6 Å². The highest BCUT2D eigenvalue weighted by Crippen LogP contribution is 2.43. The van der Waals surface area contributed by atoms with Gasteiger partial charge in [-0.15, -0.1) is 9.35 Å². The van der Waals surface area contributed by atoms with E-state index in [1.807, 2.05) is 0 Å². The number of nitrogens with zero attached hydrogens (tertiary/aromatic N) is 1. The average molecular weight is 327 g/mol. The molecule has 0 N–H and O–H groups in total. The molecule has 0 unspecified atom stereocenters. The summed E-state index contributed by atoms with van der Waals surface area (Å²) in [6, 6.07) is 5.78. The quantitative estimate of drug-likeness (QED) is 0.610. The van der Waals surface area contributed by atoms with Crippen molar-refractivity contribution < 1.29 is 39.9 Å². The molecule has 2 rings (SSSR count). The van der Waals surface area contributed by atoms with Gasteiger partial charge >= 0.3 is 33.8 Å². The number of halogens is 4. The molecule has 1 aliphatic rings. The Kier molecular flexibility index (Phi) is 3.29. The molecule has 0 atom stereocenters. The third kappa shape index (κ3) is 2.17. The van der Waals surface area contributed by atoms with Crippen LogP contribution in [-0.2, 0) is 24.0 Å². The fraction of sp³-hybridized carbons (Fsp3) is 0.200. The standard InChI is InChI=1S/C10H5F4NO5S/c11-9(12)7(16)15(8(17)10(9,13)14)20-21(18,19)6-4-2-1-3-5-6/h1-5H. The number of carbonyl (C=O) groups is 2. The zero-order valence-electron chi connectivity index (χ0n) is 9.80. The maximum atomic E-state index is 13.0. The summed E-state index contributed by atoms with van der Waals surface area (Å²) in [6.45, 7) is 0. The fourth-order valence-electron chi connectivity index (χ4n) is 1.41. The number of hydroxylamine groups is 2. The van der Waals surface area contributed by atoms with Crippen molar-refractivity contribution in [3.63, 3.8) is 0 Å². The maximum Gasteiger partial charge on any atom is 0.398 e. The summed E-state index contributed by atoms with van der Waals surface area (Å²) in [5.74, 6) is -16.3. The summed E-state index contributed by atoms with van der Waals surface area (Å²) in [4.78, 5) is 21.5. The van der Waals surface area contributed by atoms with Crippen molar-refractivity contribution in [2.45, 2.75) is 16.7 Å². The van der Waals surface area contributed by atoms with E-state index in [1.165, 1.54) is 18.2 Å². The van der Waals surface area contributed by atoms with Crippen molar-refractivity contribution in [3.8, 4) is 0 Å². The molecular formula is C10H5F4NO5S. The molecule has 0 radical (unpaired) electrons. The first-order valence-corrected chi connectivity index (χ1v) is 6.57. The second kappa shape index (κ2) is 4.49. The van der Waals surface area contributed by atoms with Crippen LogP contribution in [0.3, 0.4) is 0 Å². The van der Waals surface area contributed by atoms with Gasteiger partial charge in [0.15, 0.2) is 0 Å². The van der Waals surface area contributed by atoms with Gasteiger partial charge in [0, 0.05) is 0 Å². The van der Waals surface area contributed by atoms with Crippen LogP contribution >= 0.6 is 0 Å². The molecule has 0 aliphatic carbocycles. The second-order valence-electron chi connectivity index (χ2n) is 3.90. The number of carbonyl (C=O) groups excluding carboxylic acids is 2. The Bertz CT molecular complexity index is 677. The van der Waals surface area contributed by atoms with Crippen molar-refractivity contribution in [2.75, 3.05) is 0 Å². The highest BCUT2D eigenvalue weighted by molar-refractivity contribution is 7.86. The molecule has 21 heavy (non-hydrogen) atoms. The minimum atomic E-state index is -5.38. The van der Waals surface area contributed by atoms with Gasteiger partial charge < -0.3 is 0 Å². The lowest BCUT2D eigenvalue weighted by atomic mass is 10.2. The lowest BCUT2D eigenvalue weighted by Gasteiger charge is -2.12. The van der Waals surface area contributed by atoms with Crippen LogP contribution in [-0.4, -0.2) is 37.1 Å². The molecule has 1 aromatic carbocycles. The number of amides is 2. The Balaban J connectivity index is 2.38. The third-order valence-corrected chi connectivity index (χ3v) is 3.70. The lowest BCUT2D eigenvalue weighted by molar-refractivity contribution is -0.192. The summed E-state index contributed by atoms with van der Waals surface area (Å²) in [5, 5.41) is -1.14. The normalized spacial score (nSPS) is 20.9. The zero-order chi connectivity index (χ0) is 16.1. The van der Waals surface area contributed by atoms with Crippen LogP contribution < -0.4 is 0 Å². The van der Waals surface area contributed by atoms with E-state index >= 15 is 0 Å². The minimum absolute atomic E-state index is 0.607. The second-order valence-corrected chi connectivity index (χ2v) is 5.42. The van der Waals surface area contributed by atoms with Crippen LogP contribution in [0.25, 0.3) is 0 Å². The van der Waals surface area contributed by atoms with E-state index < -0.39 is 43.7 Å². The van der Waals surface area contributed by atoms with Gasteiger partial charge in [0.05, 0.1) is 4.90 Å². The number of rotatable bonds is 3. The van der Waals surface area contributed by atoms with Crippen molar-refractivity contribution >= 4 is 21.9 Å². The molecule has 0 spiro atoms. The van der Waals surface area contributed by atoms with Gasteiger partial charge in [-0.1, -0.05) is 18.2 Å². The molecule has 0 bridgehead atoms. The van der Waals surface area contributed by atoms with Crippen molar-refractivity contribution in [1.82, 2.24) is 5.06 Å². The first-order valence-electron chi connectivity index (χ1n) is 5.16. The van der Waals surface area contributed by atoms with Gasteiger partial charge in [-0.05, 0) is 12.1 Å². The number of hydrogen-bond acceptors (Lipinski definition) is 5. The predicted octanol–water partition coefficient (Wildman–Crippen LogP) is 0.946. The molecule has 1 aliphatic heterocycles.